The largest absolute Gasteiger partial charge is 0.497 e. The summed E-state index contributed by atoms with van der Waals surface area (Å²) in [5.41, 5.74) is 4.00. The summed E-state index contributed by atoms with van der Waals surface area (Å²) in [6.45, 7) is 5.26. The zero-order valence-electron chi connectivity index (χ0n) is 13.5. The van der Waals surface area contributed by atoms with Gasteiger partial charge in [0.15, 0.2) is 0 Å². The Hall–Kier alpha value is -2.15. The molecule has 0 atom stereocenters. The van der Waals surface area contributed by atoms with Gasteiger partial charge >= 0.3 is 0 Å². The van der Waals surface area contributed by atoms with Crippen molar-refractivity contribution in [3.63, 3.8) is 0 Å². The maximum atomic E-state index is 12.8. The zero-order chi connectivity index (χ0) is 16.8. The van der Waals surface area contributed by atoms with E-state index in [1.54, 1.807) is 7.11 Å². The van der Waals surface area contributed by atoms with Crippen LogP contribution in [0.4, 0.5) is 5.69 Å². The molecular formula is C16H19N3O3S. The fourth-order valence-electron chi connectivity index (χ4n) is 2.75. The van der Waals surface area contributed by atoms with E-state index in [1.807, 2.05) is 32.0 Å². The monoisotopic (exact) mass is 333 g/mol. The number of anilines is 1. The molecule has 3 rings (SSSR count). The van der Waals surface area contributed by atoms with Crippen LogP contribution < -0.4 is 15.5 Å². The van der Waals surface area contributed by atoms with Gasteiger partial charge in [-0.25, -0.2) is 5.01 Å². The van der Waals surface area contributed by atoms with Crippen molar-refractivity contribution in [3.8, 4) is 5.75 Å². The summed E-state index contributed by atoms with van der Waals surface area (Å²) in [5.74, 6) is 0.285. The minimum Gasteiger partial charge on any atom is -0.497 e. The summed E-state index contributed by atoms with van der Waals surface area (Å²) in [5, 5.41) is 4.78. The standard InChI is InChI=1S/C16H19N3O3S/c1-9(20)18-19-15(21)14-12(8-16(19,2)3)17-11-6-5-10(22-4)7-13(11)23-14/h5-7,17H,8H2,1-4H3,(H,18,20). The number of benzene rings is 1. The molecule has 1 aromatic rings. The van der Waals surface area contributed by atoms with Crippen molar-refractivity contribution < 1.29 is 14.3 Å². The highest BCUT2D eigenvalue weighted by molar-refractivity contribution is 8.04. The van der Waals surface area contributed by atoms with Crippen LogP contribution in [-0.4, -0.2) is 29.5 Å². The van der Waals surface area contributed by atoms with Gasteiger partial charge in [-0.2, -0.15) is 0 Å². The minimum atomic E-state index is -0.501. The molecule has 0 aromatic heterocycles. The molecule has 6 nitrogen and oxygen atoms in total. The number of ether oxygens (including phenoxy) is 1. The van der Waals surface area contributed by atoms with Gasteiger partial charge in [-0.3, -0.25) is 15.0 Å². The molecule has 2 N–H and O–H groups in total. The van der Waals surface area contributed by atoms with Gasteiger partial charge in [-0.15, -0.1) is 0 Å². The number of amides is 2. The van der Waals surface area contributed by atoms with Gasteiger partial charge in [-0.1, -0.05) is 11.8 Å². The van der Waals surface area contributed by atoms with Crippen LogP contribution in [0, 0.1) is 0 Å². The second-order valence-electron chi connectivity index (χ2n) is 6.19. The first kappa shape index (κ1) is 15.7. The molecule has 0 aliphatic carbocycles. The second-order valence-corrected chi connectivity index (χ2v) is 7.25. The van der Waals surface area contributed by atoms with Crippen molar-refractivity contribution in [3.05, 3.63) is 28.8 Å². The van der Waals surface area contributed by atoms with Crippen LogP contribution in [0.25, 0.3) is 0 Å². The van der Waals surface area contributed by atoms with Crippen LogP contribution in [0.2, 0.25) is 0 Å². The summed E-state index contributed by atoms with van der Waals surface area (Å²) in [7, 11) is 1.61. The number of carbonyl (C=O) groups excluding carboxylic acids is 2. The Morgan fingerprint density at radius 2 is 2.17 bits per heavy atom. The Balaban J connectivity index is 1.97. The Bertz CT molecular complexity index is 727. The Labute approximate surface area is 139 Å². The van der Waals surface area contributed by atoms with E-state index in [9.17, 15) is 9.59 Å². The first-order valence-corrected chi connectivity index (χ1v) is 8.11. The van der Waals surface area contributed by atoms with Crippen LogP contribution in [0.1, 0.15) is 27.2 Å². The number of rotatable bonds is 2. The van der Waals surface area contributed by atoms with Gasteiger partial charge in [0.1, 0.15) is 5.75 Å². The molecule has 0 unspecified atom stereocenters. The third-order valence-corrected chi connectivity index (χ3v) is 5.02. The molecule has 0 fully saturated rings. The van der Waals surface area contributed by atoms with Crippen molar-refractivity contribution in [1.82, 2.24) is 10.4 Å². The average molecular weight is 333 g/mol. The maximum absolute atomic E-state index is 12.8. The molecule has 0 radical (unpaired) electrons. The van der Waals surface area contributed by atoms with Crippen LogP contribution in [0.5, 0.6) is 5.75 Å². The molecule has 0 spiro atoms. The van der Waals surface area contributed by atoms with E-state index in [1.165, 1.54) is 23.7 Å². The second kappa shape index (κ2) is 5.49. The van der Waals surface area contributed by atoms with Gasteiger partial charge in [0, 0.05) is 23.9 Å². The normalized spacial score (nSPS) is 18.8. The molecule has 2 heterocycles. The van der Waals surface area contributed by atoms with Crippen molar-refractivity contribution in [2.45, 2.75) is 37.6 Å². The number of hydrogen-bond donors (Lipinski definition) is 2. The van der Waals surface area contributed by atoms with Crippen molar-refractivity contribution in [2.75, 3.05) is 12.4 Å². The van der Waals surface area contributed by atoms with Crippen LogP contribution in [-0.2, 0) is 9.59 Å². The lowest BCUT2D eigenvalue weighted by molar-refractivity contribution is -0.144. The summed E-state index contributed by atoms with van der Waals surface area (Å²) in [4.78, 5) is 25.8. The number of methoxy groups -OCH3 is 1. The molecule has 2 aliphatic heterocycles. The van der Waals surface area contributed by atoms with Gasteiger partial charge in [0.05, 0.1) is 23.2 Å². The zero-order valence-corrected chi connectivity index (χ0v) is 14.3. The highest BCUT2D eigenvalue weighted by Crippen LogP contribution is 2.46. The van der Waals surface area contributed by atoms with E-state index in [0.29, 0.717) is 11.3 Å². The predicted molar refractivity (Wildman–Crippen MR) is 88.9 cm³/mol. The summed E-state index contributed by atoms with van der Waals surface area (Å²) < 4.78 is 5.24. The van der Waals surface area contributed by atoms with Gasteiger partial charge in [0.25, 0.3) is 5.91 Å². The number of nitrogens with zero attached hydrogens (tertiary/aromatic N) is 1. The molecule has 0 saturated heterocycles. The lowest BCUT2D eigenvalue weighted by Crippen LogP contribution is -2.59. The maximum Gasteiger partial charge on any atom is 0.281 e. The van der Waals surface area contributed by atoms with Crippen molar-refractivity contribution in [1.29, 1.82) is 0 Å². The van der Waals surface area contributed by atoms with Gasteiger partial charge in [0.2, 0.25) is 5.91 Å². The Kier molecular flexibility index (Phi) is 3.75. The van der Waals surface area contributed by atoms with E-state index in [2.05, 4.69) is 10.7 Å². The molecule has 23 heavy (non-hydrogen) atoms. The Morgan fingerprint density at radius 1 is 1.43 bits per heavy atom. The number of nitrogens with one attached hydrogen (secondary N) is 2. The van der Waals surface area contributed by atoms with Crippen LogP contribution in [0.15, 0.2) is 33.7 Å². The fraction of sp³-hybridized carbons (Fsp3) is 0.375. The van der Waals surface area contributed by atoms with E-state index in [-0.39, 0.29) is 11.8 Å². The van der Waals surface area contributed by atoms with Crippen LogP contribution >= 0.6 is 11.8 Å². The molecule has 2 amide bonds. The molecule has 122 valence electrons. The topological polar surface area (TPSA) is 70.7 Å². The number of thioether (sulfide) groups is 1. The summed E-state index contributed by atoms with van der Waals surface area (Å²) in [6.07, 6.45) is 0.632. The SMILES string of the molecule is COc1ccc2c(c1)SC1=C(CC(C)(C)N(NC(C)=O)C1=O)N2. The third kappa shape index (κ3) is 2.76. The third-order valence-electron chi connectivity index (χ3n) is 3.84. The highest BCUT2D eigenvalue weighted by atomic mass is 32.2. The number of hydrogen-bond acceptors (Lipinski definition) is 5. The molecule has 0 bridgehead atoms. The first-order chi connectivity index (χ1) is 10.8. The number of carbonyl (C=O) groups is 2. The number of fused-ring (bicyclic) bond motifs is 1. The minimum absolute atomic E-state index is 0.197. The van der Waals surface area contributed by atoms with E-state index in [4.69, 9.17) is 4.74 Å². The van der Waals surface area contributed by atoms with Gasteiger partial charge in [-0.05, 0) is 32.0 Å². The predicted octanol–water partition coefficient (Wildman–Crippen LogP) is 2.49. The first-order valence-electron chi connectivity index (χ1n) is 7.29. The van der Waals surface area contributed by atoms with E-state index >= 15 is 0 Å². The highest BCUT2D eigenvalue weighted by Gasteiger charge is 2.42. The molecular weight excluding hydrogens is 314 g/mol. The smallest absolute Gasteiger partial charge is 0.281 e. The van der Waals surface area contributed by atoms with Gasteiger partial charge < -0.3 is 10.1 Å². The quantitative estimate of drug-likeness (QED) is 0.870. The molecule has 1 aromatic carbocycles. The molecule has 0 saturated carbocycles. The molecule has 2 aliphatic rings. The Morgan fingerprint density at radius 3 is 2.83 bits per heavy atom. The summed E-state index contributed by atoms with van der Waals surface area (Å²) >= 11 is 1.40. The van der Waals surface area contributed by atoms with Crippen molar-refractivity contribution >= 4 is 29.3 Å². The molecule has 7 heteroatoms. The average Bonchev–Trinajstić information content (AvgIpc) is 2.49. The number of hydrazine groups is 1. The lowest BCUT2D eigenvalue weighted by Gasteiger charge is -2.44. The lowest BCUT2D eigenvalue weighted by atomic mass is 9.93. The fourth-order valence-corrected chi connectivity index (χ4v) is 3.80. The summed E-state index contributed by atoms with van der Waals surface area (Å²) in [6, 6.07) is 5.73. The van der Waals surface area contributed by atoms with E-state index in [0.717, 1.165) is 22.0 Å². The van der Waals surface area contributed by atoms with E-state index < -0.39 is 5.54 Å². The van der Waals surface area contributed by atoms with Crippen molar-refractivity contribution in [2.24, 2.45) is 0 Å². The van der Waals surface area contributed by atoms with Crippen LogP contribution in [0.3, 0.4) is 0 Å².